The third-order valence-electron chi connectivity index (χ3n) is 2.84. The van der Waals surface area contributed by atoms with Crippen LogP contribution in [0.1, 0.15) is 39.0 Å². The lowest BCUT2D eigenvalue weighted by Gasteiger charge is -2.26. The van der Waals surface area contributed by atoms with E-state index in [0.717, 1.165) is 23.3 Å². The zero-order chi connectivity index (χ0) is 10.4. The van der Waals surface area contributed by atoms with E-state index in [-0.39, 0.29) is 6.04 Å². The van der Waals surface area contributed by atoms with Gasteiger partial charge in [-0.05, 0) is 30.9 Å². The van der Waals surface area contributed by atoms with Crippen LogP contribution in [0.4, 0.5) is 0 Å². The van der Waals surface area contributed by atoms with Crippen LogP contribution < -0.4 is 5.73 Å². The molecule has 0 aromatic heterocycles. The molecule has 1 fully saturated rings. The monoisotopic (exact) mass is 212 g/mol. The van der Waals surface area contributed by atoms with E-state index < -0.39 is 0 Å². The van der Waals surface area contributed by atoms with Crippen molar-refractivity contribution in [3.8, 4) is 6.07 Å². The Kier molecular flexibility index (Phi) is 5.36. The molecule has 0 saturated heterocycles. The number of hydrogen-bond donors (Lipinski definition) is 1. The van der Waals surface area contributed by atoms with Crippen molar-refractivity contribution in [2.24, 2.45) is 11.7 Å². The first-order valence-corrected chi connectivity index (χ1v) is 6.54. The van der Waals surface area contributed by atoms with Crippen molar-refractivity contribution < 1.29 is 0 Å². The molecule has 0 bridgehead atoms. The van der Waals surface area contributed by atoms with Gasteiger partial charge in [0.15, 0.2) is 0 Å². The van der Waals surface area contributed by atoms with Crippen molar-refractivity contribution in [2.75, 3.05) is 5.75 Å². The molecule has 0 heterocycles. The molecule has 2 nitrogen and oxygen atoms in total. The molecule has 14 heavy (non-hydrogen) atoms. The number of hydrogen-bond acceptors (Lipinski definition) is 3. The molecule has 3 heteroatoms. The minimum Gasteiger partial charge on any atom is -0.316 e. The summed E-state index contributed by atoms with van der Waals surface area (Å²) in [5.41, 5.74) is 5.54. The molecule has 0 spiro atoms. The molecule has 3 atom stereocenters. The molecule has 3 unspecified atom stereocenters. The molecule has 2 N–H and O–H groups in total. The molecule has 0 aromatic rings. The molecule has 1 rings (SSSR count). The van der Waals surface area contributed by atoms with Crippen LogP contribution in [0.2, 0.25) is 0 Å². The predicted octanol–water partition coefficient (Wildman–Crippen LogP) is 2.54. The Balaban J connectivity index is 2.09. The second-order valence-electron chi connectivity index (χ2n) is 4.29. The largest absolute Gasteiger partial charge is 0.316 e. The fourth-order valence-electron chi connectivity index (χ4n) is 1.96. The zero-order valence-corrected chi connectivity index (χ0v) is 9.72. The van der Waals surface area contributed by atoms with Crippen LogP contribution in [-0.4, -0.2) is 17.0 Å². The fourth-order valence-corrected chi connectivity index (χ4v) is 3.48. The van der Waals surface area contributed by atoms with Gasteiger partial charge in [0.05, 0.1) is 12.1 Å². The van der Waals surface area contributed by atoms with Crippen molar-refractivity contribution in [3.05, 3.63) is 0 Å². The van der Waals surface area contributed by atoms with Crippen molar-refractivity contribution in [3.63, 3.8) is 0 Å². The minimum atomic E-state index is -0.261. The summed E-state index contributed by atoms with van der Waals surface area (Å²) >= 11 is 2.01. The first-order chi connectivity index (χ1) is 6.72. The van der Waals surface area contributed by atoms with Crippen LogP contribution in [0.25, 0.3) is 0 Å². The van der Waals surface area contributed by atoms with E-state index in [1.165, 1.54) is 25.7 Å². The predicted molar refractivity (Wildman–Crippen MR) is 62.1 cm³/mol. The molecule has 0 aliphatic heterocycles. The molecule has 0 aromatic carbocycles. The van der Waals surface area contributed by atoms with Crippen LogP contribution in [-0.2, 0) is 0 Å². The number of nitrogens with zero attached hydrogens (tertiary/aromatic N) is 1. The highest BCUT2D eigenvalue weighted by Crippen LogP contribution is 2.32. The molecule has 1 saturated carbocycles. The van der Waals surface area contributed by atoms with Crippen LogP contribution in [0.15, 0.2) is 0 Å². The molecular weight excluding hydrogens is 192 g/mol. The third-order valence-corrected chi connectivity index (χ3v) is 4.21. The quantitative estimate of drug-likeness (QED) is 0.779. The van der Waals surface area contributed by atoms with E-state index >= 15 is 0 Å². The molecule has 0 radical (unpaired) electrons. The highest BCUT2D eigenvalue weighted by Gasteiger charge is 2.18. The number of thioether (sulfide) groups is 1. The third kappa shape index (κ3) is 4.34. The van der Waals surface area contributed by atoms with Gasteiger partial charge in [-0.1, -0.05) is 19.8 Å². The van der Waals surface area contributed by atoms with Crippen LogP contribution in [0.3, 0.4) is 0 Å². The van der Waals surface area contributed by atoms with E-state index in [4.69, 9.17) is 11.0 Å². The Morgan fingerprint density at radius 3 is 3.00 bits per heavy atom. The topological polar surface area (TPSA) is 49.8 Å². The summed E-state index contributed by atoms with van der Waals surface area (Å²) in [5, 5.41) is 9.35. The smallest absolute Gasteiger partial charge is 0.0935 e. The first kappa shape index (κ1) is 11.9. The molecule has 0 amide bonds. The Bertz CT molecular complexity index is 200. The zero-order valence-electron chi connectivity index (χ0n) is 8.91. The van der Waals surface area contributed by atoms with Crippen LogP contribution >= 0.6 is 11.8 Å². The minimum absolute atomic E-state index is 0.261. The highest BCUT2D eigenvalue weighted by molar-refractivity contribution is 7.99. The van der Waals surface area contributed by atoms with Crippen molar-refractivity contribution in [1.29, 1.82) is 5.26 Å². The van der Waals surface area contributed by atoms with Gasteiger partial charge in [-0.3, -0.25) is 0 Å². The lowest BCUT2D eigenvalue weighted by atomic mass is 9.91. The summed E-state index contributed by atoms with van der Waals surface area (Å²) in [4.78, 5) is 0. The normalized spacial score (nSPS) is 29.5. The second kappa shape index (κ2) is 6.31. The SMILES string of the molecule is CC1CCCC(SCCC(N)C#N)C1. The Hall–Kier alpha value is -0.200. The standard InChI is InChI=1S/C11H20N2S/c1-9-3-2-4-11(7-9)14-6-5-10(13)8-12/h9-11H,2-7,13H2,1H3. The van der Waals surface area contributed by atoms with Crippen LogP contribution in [0, 0.1) is 17.2 Å². The molecule has 80 valence electrons. The lowest BCUT2D eigenvalue weighted by molar-refractivity contribution is 0.394. The Labute approximate surface area is 91.2 Å². The molecule has 1 aliphatic carbocycles. The van der Waals surface area contributed by atoms with Gasteiger partial charge in [-0.25, -0.2) is 0 Å². The van der Waals surface area contributed by atoms with E-state index in [2.05, 4.69) is 13.0 Å². The fraction of sp³-hybridized carbons (Fsp3) is 0.909. The maximum Gasteiger partial charge on any atom is 0.0935 e. The number of nitrogens with two attached hydrogens (primary N) is 1. The van der Waals surface area contributed by atoms with Crippen molar-refractivity contribution >= 4 is 11.8 Å². The van der Waals surface area contributed by atoms with Gasteiger partial charge in [-0.2, -0.15) is 17.0 Å². The highest BCUT2D eigenvalue weighted by atomic mass is 32.2. The van der Waals surface area contributed by atoms with E-state index in [0.29, 0.717) is 0 Å². The summed E-state index contributed by atoms with van der Waals surface area (Å²) in [5.74, 6) is 1.94. The van der Waals surface area contributed by atoms with Gasteiger partial charge < -0.3 is 5.73 Å². The maximum atomic E-state index is 8.53. The lowest BCUT2D eigenvalue weighted by Crippen LogP contribution is -2.20. The second-order valence-corrected chi connectivity index (χ2v) is 5.70. The van der Waals surface area contributed by atoms with Gasteiger partial charge in [0.25, 0.3) is 0 Å². The molecular formula is C11H20N2S. The van der Waals surface area contributed by atoms with Gasteiger partial charge >= 0.3 is 0 Å². The Morgan fingerprint density at radius 2 is 2.36 bits per heavy atom. The van der Waals surface area contributed by atoms with Crippen molar-refractivity contribution in [2.45, 2.75) is 50.3 Å². The van der Waals surface area contributed by atoms with E-state index in [1.807, 2.05) is 11.8 Å². The van der Waals surface area contributed by atoms with E-state index in [9.17, 15) is 0 Å². The van der Waals surface area contributed by atoms with Crippen molar-refractivity contribution in [1.82, 2.24) is 0 Å². The van der Waals surface area contributed by atoms with Gasteiger partial charge in [0, 0.05) is 5.25 Å². The van der Waals surface area contributed by atoms with E-state index in [1.54, 1.807) is 0 Å². The van der Waals surface area contributed by atoms with Gasteiger partial charge in [-0.15, -0.1) is 0 Å². The molecule has 1 aliphatic rings. The average molecular weight is 212 g/mol. The Morgan fingerprint density at radius 1 is 1.57 bits per heavy atom. The van der Waals surface area contributed by atoms with Crippen LogP contribution in [0.5, 0.6) is 0 Å². The maximum absolute atomic E-state index is 8.53. The van der Waals surface area contributed by atoms with Gasteiger partial charge in [0.2, 0.25) is 0 Å². The number of rotatable bonds is 4. The summed E-state index contributed by atoms with van der Waals surface area (Å²) in [6.45, 7) is 2.34. The summed E-state index contributed by atoms with van der Waals surface area (Å²) in [6.07, 6.45) is 6.33. The first-order valence-electron chi connectivity index (χ1n) is 5.49. The summed E-state index contributed by atoms with van der Waals surface area (Å²) in [7, 11) is 0. The summed E-state index contributed by atoms with van der Waals surface area (Å²) in [6, 6.07) is 1.82. The van der Waals surface area contributed by atoms with Gasteiger partial charge in [0.1, 0.15) is 0 Å². The number of nitriles is 1. The average Bonchev–Trinajstić information content (AvgIpc) is 2.17. The summed E-state index contributed by atoms with van der Waals surface area (Å²) < 4.78 is 0.